The average Bonchev–Trinajstić information content (AvgIpc) is 2.21. The van der Waals surface area contributed by atoms with Crippen LogP contribution in [-0.2, 0) is 9.53 Å². The van der Waals surface area contributed by atoms with E-state index in [4.69, 9.17) is 10.5 Å². The summed E-state index contributed by atoms with van der Waals surface area (Å²) in [6.45, 7) is 5.03. The number of nitrogens with two attached hydrogens (primary N) is 1. The molecular formula is C12H23NO2. The number of hydrogen-bond donors (Lipinski definition) is 1. The molecule has 1 fully saturated rings. The van der Waals surface area contributed by atoms with E-state index in [9.17, 15) is 4.79 Å². The van der Waals surface area contributed by atoms with Crippen LogP contribution in [0.4, 0.5) is 0 Å². The van der Waals surface area contributed by atoms with E-state index in [1.165, 1.54) is 20.0 Å². The van der Waals surface area contributed by atoms with Crippen molar-refractivity contribution < 1.29 is 9.53 Å². The van der Waals surface area contributed by atoms with Gasteiger partial charge in [-0.3, -0.25) is 4.79 Å². The molecule has 0 radical (unpaired) electrons. The molecule has 2 N–H and O–H groups in total. The van der Waals surface area contributed by atoms with Gasteiger partial charge < -0.3 is 10.5 Å². The highest BCUT2D eigenvalue weighted by Gasteiger charge is 2.46. The van der Waals surface area contributed by atoms with E-state index in [-0.39, 0.29) is 16.8 Å². The van der Waals surface area contributed by atoms with Gasteiger partial charge in [-0.15, -0.1) is 0 Å². The van der Waals surface area contributed by atoms with Gasteiger partial charge in [-0.2, -0.15) is 0 Å². The molecular weight excluding hydrogens is 190 g/mol. The standard InChI is InChI=1S/C12H23NO2/c1-11(2)6-4-5-7-12(11,9-13)8-10(14)15-3/h4-9,13H2,1-3H3. The van der Waals surface area contributed by atoms with Crippen molar-refractivity contribution >= 4 is 5.97 Å². The van der Waals surface area contributed by atoms with Gasteiger partial charge in [0.15, 0.2) is 0 Å². The summed E-state index contributed by atoms with van der Waals surface area (Å²) >= 11 is 0. The Kier molecular flexibility index (Phi) is 3.77. The second-order valence-corrected chi connectivity index (χ2v) is 5.33. The van der Waals surface area contributed by atoms with Crippen LogP contribution in [-0.4, -0.2) is 19.6 Å². The molecule has 0 aromatic carbocycles. The van der Waals surface area contributed by atoms with Crippen molar-refractivity contribution in [3.63, 3.8) is 0 Å². The third-order valence-electron chi connectivity index (χ3n) is 4.24. The number of esters is 1. The van der Waals surface area contributed by atoms with E-state index < -0.39 is 0 Å². The van der Waals surface area contributed by atoms with Crippen molar-refractivity contribution in [1.82, 2.24) is 0 Å². The molecule has 1 atom stereocenters. The number of rotatable bonds is 3. The van der Waals surface area contributed by atoms with Crippen LogP contribution in [0.3, 0.4) is 0 Å². The maximum atomic E-state index is 11.5. The first kappa shape index (κ1) is 12.5. The Bertz CT molecular complexity index is 238. The van der Waals surface area contributed by atoms with Gasteiger partial charge in [0, 0.05) is 0 Å². The maximum absolute atomic E-state index is 11.5. The summed E-state index contributed by atoms with van der Waals surface area (Å²) in [5.41, 5.74) is 6.00. The minimum absolute atomic E-state index is 0.0572. The molecule has 0 saturated heterocycles. The van der Waals surface area contributed by atoms with Crippen molar-refractivity contribution in [3.05, 3.63) is 0 Å². The highest BCUT2D eigenvalue weighted by molar-refractivity contribution is 5.70. The second kappa shape index (κ2) is 4.52. The summed E-state index contributed by atoms with van der Waals surface area (Å²) in [6.07, 6.45) is 5.09. The number of methoxy groups -OCH3 is 1. The lowest BCUT2D eigenvalue weighted by molar-refractivity contribution is -0.147. The molecule has 0 spiro atoms. The first-order valence-electron chi connectivity index (χ1n) is 5.74. The molecule has 1 aliphatic carbocycles. The second-order valence-electron chi connectivity index (χ2n) is 5.33. The Labute approximate surface area is 92.4 Å². The zero-order valence-corrected chi connectivity index (χ0v) is 10.1. The van der Waals surface area contributed by atoms with Crippen LogP contribution >= 0.6 is 0 Å². The minimum atomic E-state index is -0.129. The number of carbonyl (C=O) groups is 1. The lowest BCUT2D eigenvalue weighted by atomic mass is 9.56. The van der Waals surface area contributed by atoms with Gasteiger partial charge in [-0.05, 0) is 30.2 Å². The van der Waals surface area contributed by atoms with Gasteiger partial charge in [0.2, 0.25) is 0 Å². The van der Waals surface area contributed by atoms with Crippen molar-refractivity contribution in [2.75, 3.05) is 13.7 Å². The van der Waals surface area contributed by atoms with Crippen LogP contribution in [0.25, 0.3) is 0 Å². The van der Waals surface area contributed by atoms with Gasteiger partial charge in [0.1, 0.15) is 0 Å². The topological polar surface area (TPSA) is 52.3 Å². The van der Waals surface area contributed by atoms with Gasteiger partial charge in [0.05, 0.1) is 13.5 Å². The number of hydrogen-bond acceptors (Lipinski definition) is 3. The third kappa shape index (κ3) is 2.33. The third-order valence-corrected chi connectivity index (χ3v) is 4.24. The Hall–Kier alpha value is -0.570. The van der Waals surface area contributed by atoms with Crippen molar-refractivity contribution in [2.24, 2.45) is 16.6 Å². The summed E-state index contributed by atoms with van der Waals surface area (Å²) in [7, 11) is 1.45. The number of ether oxygens (including phenoxy) is 1. The van der Waals surface area contributed by atoms with E-state index in [0.717, 1.165) is 12.8 Å². The Balaban J connectivity index is 2.84. The molecule has 0 heterocycles. The fourth-order valence-corrected chi connectivity index (χ4v) is 2.76. The average molecular weight is 213 g/mol. The van der Waals surface area contributed by atoms with Crippen molar-refractivity contribution in [3.8, 4) is 0 Å². The van der Waals surface area contributed by atoms with Crippen LogP contribution in [0.5, 0.6) is 0 Å². The highest BCUT2D eigenvalue weighted by atomic mass is 16.5. The van der Waals surface area contributed by atoms with Crippen LogP contribution in [0, 0.1) is 10.8 Å². The first-order chi connectivity index (χ1) is 6.97. The summed E-state index contributed by atoms with van der Waals surface area (Å²) in [5.74, 6) is -0.129. The molecule has 0 aromatic rings. The molecule has 0 aromatic heterocycles. The largest absolute Gasteiger partial charge is 0.469 e. The summed E-state index contributed by atoms with van der Waals surface area (Å²) in [6, 6.07) is 0. The lowest BCUT2D eigenvalue weighted by Crippen LogP contribution is -2.47. The first-order valence-corrected chi connectivity index (χ1v) is 5.74. The molecule has 1 aliphatic rings. The molecule has 1 saturated carbocycles. The fraction of sp³-hybridized carbons (Fsp3) is 0.917. The van der Waals surface area contributed by atoms with E-state index in [1.54, 1.807) is 0 Å². The quantitative estimate of drug-likeness (QED) is 0.730. The van der Waals surface area contributed by atoms with Crippen molar-refractivity contribution in [2.45, 2.75) is 46.0 Å². The molecule has 0 bridgehead atoms. The Morgan fingerprint density at radius 3 is 2.40 bits per heavy atom. The van der Waals surface area contributed by atoms with Crippen molar-refractivity contribution in [1.29, 1.82) is 0 Å². The Morgan fingerprint density at radius 2 is 1.93 bits per heavy atom. The highest BCUT2D eigenvalue weighted by Crippen LogP contribution is 2.51. The van der Waals surface area contributed by atoms with Crippen LogP contribution in [0.2, 0.25) is 0 Å². The molecule has 1 rings (SSSR count). The molecule has 88 valence electrons. The minimum Gasteiger partial charge on any atom is -0.469 e. The van der Waals surface area contributed by atoms with Crippen LogP contribution in [0.15, 0.2) is 0 Å². The van der Waals surface area contributed by atoms with E-state index >= 15 is 0 Å². The van der Waals surface area contributed by atoms with E-state index in [2.05, 4.69) is 13.8 Å². The SMILES string of the molecule is COC(=O)CC1(CN)CCCCC1(C)C. The lowest BCUT2D eigenvalue weighted by Gasteiger charge is -2.49. The molecule has 0 amide bonds. The zero-order chi connectivity index (χ0) is 11.5. The predicted octanol–water partition coefficient (Wildman–Crippen LogP) is 2.09. The van der Waals surface area contributed by atoms with E-state index in [1.807, 2.05) is 0 Å². The Morgan fingerprint density at radius 1 is 1.33 bits per heavy atom. The molecule has 3 nitrogen and oxygen atoms in total. The van der Waals surface area contributed by atoms with Gasteiger partial charge in [-0.1, -0.05) is 26.7 Å². The summed E-state index contributed by atoms with van der Waals surface area (Å²) in [4.78, 5) is 11.5. The normalized spacial score (nSPS) is 29.9. The smallest absolute Gasteiger partial charge is 0.306 e. The molecule has 1 unspecified atom stereocenters. The predicted molar refractivity (Wildman–Crippen MR) is 60.4 cm³/mol. The van der Waals surface area contributed by atoms with E-state index in [0.29, 0.717) is 13.0 Å². The number of carbonyl (C=O) groups excluding carboxylic acids is 1. The zero-order valence-electron chi connectivity index (χ0n) is 10.1. The molecule has 0 aliphatic heterocycles. The van der Waals surface area contributed by atoms with Gasteiger partial charge in [0.25, 0.3) is 0 Å². The van der Waals surface area contributed by atoms with Crippen LogP contribution < -0.4 is 5.73 Å². The monoisotopic (exact) mass is 213 g/mol. The van der Waals surface area contributed by atoms with Gasteiger partial charge in [-0.25, -0.2) is 0 Å². The van der Waals surface area contributed by atoms with Gasteiger partial charge >= 0.3 is 5.97 Å². The maximum Gasteiger partial charge on any atom is 0.306 e. The molecule has 15 heavy (non-hydrogen) atoms. The summed E-state index contributed by atoms with van der Waals surface area (Å²) in [5, 5.41) is 0. The fourth-order valence-electron chi connectivity index (χ4n) is 2.76. The molecule has 3 heteroatoms. The summed E-state index contributed by atoms with van der Waals surface area (Å²) < 4.78 is 4.78. The van der Waals surface area contributed by atoms with Crippen LogP contribution in [0.1, 0.15) is 46.0 Å².